The molecule has 1 unspecified atom stereocenters. The molecule has 0 amide bonds. The molecule has 0 aliphatic carbocycles. The van der Waals surface area contributed by atoms with Gasteiger partial charge in [0.1, 0.15) is 18.1 Å². The molecule has 0 fully saturated rings. The van der Waals surface area contributed by atoms with Crippen molar-refractivity contribution in [1.29, 1.82) is 0 Å². The largest absolute Gasteiger partial charge is 0.573 e. The SMILES string of the molecule is CCOC(=O)C(Cc1ccc(OCc2sc(-c3ccc(OC(F)(F)F)cc3)cc2C)cc1)OCC. The third-order valence-corrected chi connectivity index (χ3v) is 6.28. The van der Waals surface area contributed by atoms with Gasteiger partial charge in [0.2, 0.25) is 0 Å². The second-order valence-electron chi connectivity index (χ2n) is 7.62. The molecule has 0 radical (unpaired) electrons. The number of hydrogen-bond acceptors (Lipinski definition) is 6. The highest BCUT2D eigenvalue weighted by Gasteiger charge is 2.31. The Morgan fingerprint density at radius 1 is 0.971 bits per heavy atom. The van der Waals surface area contributed by atoms with E-state index >= 15 is 0 Å². The van der Waals surface area contributed by atoms with Crippen molar-refractivity contribution in [3.63, 3.8) is 0 Å². The average Bonchev–Trinajstić information content (AvgIpc) is 3.18. The number of hydrogen-bond donors (Lipinski definition) is 0. The maximum atomic E-state index is 12.4. The van der Waals surface area contributed by atoms with Crippen LogP contribution >= 0.6 is 11.3 Å². The first-order chi connectivity index (χ1) is 16.7. The molecule has 5 nitrogen and oxygen atoms in total. The van der Waals surface area contributed by atoms with E-state index in [1.54, 1.807) is 19.1 Å². The number of alkyl halides is 3. The minimum atomic E-state index is -4.71. The first kappa shape index (κ1) is 26.6. The molecule has 0 aliphatic heterocycles. The fraction of sp³-hybridized carbons (Fsp3) is 0.346. The number of aryl methyl sites for hydroxylation is 1. The molecule has 0 saturated carbocycles. The van der Waals surface area contributed by atoms with Gasteiger partial charge >= 0.3 is 12.3 Å². The van der Waals surface area contributed by atoms with Gasteiger partial charge in [-0.1, -0.05) is 12.1 Å². The molecule has 0 N–H and O–H groups in total. The molecule has 1 aromatic heterocycles. The lowest BCUT2D eigenvalue weighted by molar-refractivity contribution is -0.274. The van der Waals surface area contributed by atoms with Crippen molar-refractivity contribution < 1.29 is 36.9 Å². The molecule has 3 aromatic rings. The fourth-order valence-electron chi connectivity index (χ4n) is 3.36. The number of carbonyl (C=O) groups is 1. The van der Waals surface area contributed by atoms with Crippen molar-refractivity contribution in [2.24, 2.45) is 0 Å². The Balaban J connectivity index is 1.59. The van der Waals surface area contributed by atoms with E-state index in [0.29, 0.717) is 32.0 Å². The zero-order valence-electron chi connectivity index (χ0n) is 19.7. The van der Waals surface area contributed by atoms with Crippen molar-refractivity contribution in [2.75, 3.05) is 13.2 Å². The quantitative estimate of drug-likeness (QED) is 0.270. The van der Waals surface area contributed by atoms with E-state index in [9.17, 15) is 18.0 Å². The van der Waals surface area contributed by atoms with Crippen LogP contribution in [0.1, 0.15) is 29.9 Å². The molecule has 0 spiro atoms. The van der Waals surface area contributed by atoms with Crippen LogP contribution in [0.3, 0.4) is 0 Å². The van der Waals surface area contributed by atoms with Crippen molar-refractivity contribution >= 4 is 17.3 Å². The van der Waals surface area contributed by atoms with Gasteiger partial charge in [0.15, 0.2) is 6.10 Å². The van der Waals surface area contributed by atoms with Crippen molar-refractivity contribution in [3.8, 4) is 21.9 Å². The Morgan fingerprint density at radius 3 is 2.23 bits per heavy atom. The third kappa shape index (κ3) is 8.00. The molecule has 188 valence electrons. The number of rotatable bonds is 11. The summed E-state index contributed by atoms with van der Waals surface area (Å²) in [6.07, 6.45) is -4.95. The van der Waals surface area contributed by atoms with E-state index in [0.717, 1.165) is 26.4 Å². The summed E-state index contributed by atoms with van der Waals surface area (Å²) in [7, 11) is 0. The van der Waals surface area contributed by atoms with E-state index in [4.69, 9.17) is 14.2 Å². The standard InChI is InChI=1S/C26H27F3O5S/c1-4-31-22(25(30)32-5-2)15-18-6-10-20(11-7-18)33-16-24-17(3)14-23(35-24)19-8-12-21(13-9-19)34-26(27,28)29/h6-14,22H,4-5,15-16H2,1-3H3. The number of carbonyl (C=O) groups excluding carboxylic acids is 1. The Morgan fingerprint density at radius 2 is 1.63 bits per heavy atom. The van der Waals surface area contributed by atoms with Gasteiger partial charge < -0.3 is 18.9 Å². The molecular weight excluding hydrogens is 481 g/mol. The normalized spacial score (nSPS) is 12.3. The molecule has 1 heterocycles. The van der Waals surface area contributed by atoms with Crippen molar-refractivity contribution in [2.45, 2.75) is 46.3 Å². The van der Waals surface area contributed by atoms with Gasteiger partial charge in [0, 0.05) is 22.8 Å². The van der Waals surface area contributed by atoms with Crippen LogP contribution in [0.15, 0.2) is 54.6 Å². The number of thiophene rings is 1. The second-order valence-corrected chi connectivity index (χ2v) is 8.76. The van der Waals surface area contributed by atoms with Gasteiger partial charge in [-0.05, 0) is 79.9 Å². The lowest BCUT2D eigenvalue weighted by Crippen LogP contribution is -2.28. The zero-order valence-corrected chi connectivity index (χ0v) is 20.5. The predicted molar refractivity (Wildman–Crippen MR) is 128 cm³/mol. The summed E-state index contributed by atoms with van der Waals surface area (Å²) in [5.41, 5.74) is 2.76. The van der Waals surface area contributed by atoms with Crippen molar-refractivity contribution in [3.05, 3.63) is 70.6 Å². The monoisotopic (exact) mass is 508 g/mol. The molecule has 0 aliphatic rings. The van der Waals surface area contributed by atoms with Crippen LogP contribution < -0.4 is 9.47 Å². The molecule has 35 heavy (non-hydrogen) atoms. The predicted octanol–water partition coefficient (Wildman–Crippen LogP) is 6.71. The summed E-state index contributed by atoms with van der Waals surface area (Å²) in [5.74, 6) is 0.0541. The van der Waals surface area contributed by atoms with Crippen LogP contribution in [0.25, 0.3) is 10.4 Å². The van der Waals surface area contributed by atoms with Crippen LogP contribution in [0.2, 0.25) is 0 Å². The summed E-state index contributed by atoms with van der Waals surface area (Å²) in [5, 5.41) is 0. The van der Waals surface area contributed by atoms with E-state index in [1.807, 2.05) is 44.2 Å². The molecule has 0 bridgehead atoms. The summed E-state index contributed by atoms with van der Waals surface area (Å²) in [6.45, 7) is 6.63. The molecule has 9 heteroatoms. The van der Waals surface area contributed by atoms with E-state index in [1.165, 1.54) is 23.5 Å². The smallest absolute Gasteiger partial charge is 0.488 e. The Kier molecular flexibility index (Phi) is 9.17. The van der Waals surface area contributed by atoms with Gasteiger partial charge in [-0.25, -0.2) is 4.79 Å². The summed E-state index contributed by atoms with van der Waals surface area (Å²) in [6, 6.07) is 15.2. The minimum absolute atomic E-state index is 0.253. The molecule has 0 saturated heterocycles. The Bertz CT molecular complexity index is 1090. The van der Waals surface area contributed by atoms with Crippen LogP contribution in [0, 0.1) is 6.92 Å². The highest BCUT2D eigenvalue weighted by atomic mass is 32.1. The topological polar surface area (TPSA) is 54.0 Å². The highest BCUT2D eigenvalue weighted by molar-refractivity contribution is 7.15. The summed E-state index contributed by atoms with van der Waals surface area (Å²) < 4.78 is 57.5. The Labute approximate surface area is 206 Å². The Hall–Kier alpha value is -3.04. The maximum Gasteiger partial charge on any atom is 0.573 e. The number of halogens is 3. The summed E-state index contributed by atoms with van der Waals surface area (Å²) in [4.78, 5) is 14.0. The van der Waals surface area contributed by atoms with Crippen LogP contribution in [0.5, 0.6) is 11.5 Å². The van der Waals surface area contributed by atoms with Gasteiger partial charge in [0.25, 0.3) is 0 Å². The van der Waals surface area contributed by atoms with E-state index in [-0.39, 0.29) is 11.7 Å². The lowest BCUT2D eigenvalue weighted by atomic mass is 10.1. The van der Waals surface area contributed by atoms with Crippen LogP contribution in [-0.2, 0) is 27.3 Å². The van der Waals surface area contributed by atoms with E-state index < -0.39 is 12.5 Å². The fourth-order valence-corrected chi connectivity index (χ4v) is 4.45. The van der Waals surface area contributed by atoms with Gasteiger partial charge in [0.05, 0.1) is 6.61 Å². The van der Waals surface area contributed by atoms with Gasteiger partial charge in [-0.2, -0.15) is 0 Å². The van der Waals surface area contributed by atoms with Crippen LogP contribution in [0.4, 0.5) is 13.2 Å². The molecule has 2 aromatic carbocycles. The van der Waals surface area contributed by atoms with Gasteiger partial charge in [-0.3, -0.25) is 0 Å². The first-order valence-corrected chi connectivity index (χ1v) is 12.0. The van der Waals surface area contributed by atoms with Crippen LogP contribution in [-0.4, -0.2) is 31.6 Å². The molecule has 1 atom stereocenters. The number of ether oxygens (including phenoxy) is 4. The third-order valence-electron chi connectivity index (χ3n) is 5.02. The molecular formula is C26H27F3O5S. The zero-order chi connectivity index (χ0) is 25.4. The highest BCUT2D eigenvalue weighted by Crippen LogP contribution is 2.34. The molecule has 3 rings (SSSR count). The minimum Gasteiger partial charge on any atom is -0.488 e. The second kappa shape index (κ2) is 12.1. The number of benzene rings is 2. The first-order valence-electron chi connectivity index (χ1n) is 11.1. The average molecular weight is 509 g/mol. The summed E-state index contributed by atoms with van der Waals surface area (Å²) >= 11 is 1.52. The van der Waals surface area contributed by atoms with Gasteiger partial charge in [-0.15, -0.1) is 24.5 Å². The lowest BCUT2D eigenvalue weighted by Gasteiger charge is -2.15. The van der Waals surface area contributed by atoms with E-state index in [2.05, 4.69) is 4.74 Å². The van der Waals surface area contributed by atoms with Crippen molar-refractivity contribution in [1.82, 2.24) is 0 Å². The maximum absolute atomic E-state index is 12.4. The number of esters is 1.